The highest BCUT2D eigenvalue weighted by molar-refractivity contribution is 5.89. The van der Waals surface area contributed by atoms with Crippen LogP contribution in [0.3, 0.4) is 0 Å². The van der Waals surface area contributed by atoms with Gasteiger partial charge in [-0.3, -0.25) is 0 Å². The molecule has 0 amide bonds. The SMILES string of the molecule is CCCCC1=CC1c1c(C)n(-c2cc(C(F)(F)F)cc(C(F)(F)F)c2)c2ccccc12. The van der Waals surface area contributed by atoms with Gasteiger partial charge in [-0.15, -0.1) is 0 Å². The zero-order chi connectivity index (χ0) is 22.6. The number of unbranched alkanes of at least 4 members (excludes halogenated alkanes) is 1. The molecule has 7 heteroatoms. The monoisotopic (exact) mass is 437 g/mol. The van der Waals surface area contributed by atoms with Crippen LogP contribution in [0, 0.1) is 6.92 Å². The fraction of sp³-hybridized carbons (Fsp3) is 0.333. The topological polar surface area (TPSA) is 4.93 Å². The van der Waals surface area contributed by atoms with Crippen LogP contribution in [0.25, 0.3) is 16.6 Å². The van der Waals surface area contributed by atoms with Gasteiger partial charge in [-0.1, -0.05) is 43.2 Å². The lowest BCUT2D eigenvalue weighted by molar-refractivity contribution is -0.143. The van der Waals surface area contributed by atoms with Gasteiger partial charge in [-0.05, 0) is 49.6 Å². The number of fused-ring (bicyclic) bond motifs is 1. The van der Waals surface area contributed by atoms with E-state index in [2.05, 4.69) is 13.0 Å². The fourth-order valence-corrected chi connectivity index (χ4v) is 4.24. The van der Waals surface area contributed by atoms with Crippen molar-refractivity contribution in [1.82, 2.24) is 4.57 Å². The molecule has 1 aliphatic rings. The molecule has 0 saturated carbocycles. The Morgan fingerprint density at radius 1 is 0.903 bits per heavy atom. The summed E-state index contributed by atoms with van der Waals surface area (Å²) in [5.74, 6) is 0.0885. The first-order chi connectivity index (χ1) is 14.5. The fourth-order valence-electron chi connectivity index (χ4n) is 4.24. The molecular formula is C24H21F6N. The number of alkyl halides is 6. The molecule has 1 unspecified atom stereocenters. The minimum absolute atomic E-state index is 0.0885. The normalized spacial score (nSPS) is 16.6. The average molecular weight is 437 g/mol. The molecule has 0 aliphatic heterocycles. The maximum Gasteiger partial charge on any atom is 0.416 e. The van der Waals surface area contributed by atoms with Crippen LogP contribution in [-0.4, -0.2) is 4.57 Å². The second-order valence-electron chi connectivity index (χ2n) is 7.94. The Hall–Kier alpha value is -2.70. The van der Waals surface area contributed by atoms with Crippen LogP contribution in [0.4, 0.5) is 26.3 Å². The van der Waals surface area contributed by atoms with Gasteiger partial charge in [0.1, 0.15) is 0 Å². The van der Waals surface area contributed by atoms with Crippen LogP contribution in [0.5, 0.6) is 0 Å². The highest BCUT2D eigenvalue weighted by Gasteiger charge is 2.38. The first-order valence-electron chi connectivity index (χ1n) is 10.1. The number of nitrogens with zero attached hydrogens (tertiary/aromatic N) is 1. The molecule has 2 aromatic carbocycles. The molecule has 3 aromatic rings. The number of hydrogen-bond acceptors (Lipinski definition) is 0. The van der Waals surface area contributed by atoms with Gasteiger partial charge >= 0.3 is 12.4 Å². The Morgan fingerprint density at radius 3 is 2.10 bits per heavy atom. The van der Waals surface area contributed by atoms with Gasteiger partial charge in [-0.2, -0.15) is 26.3 Å². The summed E-state index contributed by atoms with van der Waals surface area (Å²) >= 11 is 0. The van der Waals surface area contributed by atoms with Crippen LogP contribution >= 0.6 is 0 Å². The molecule has 0 spiro atoms. The summed E-state index contributed by atoms with van der Waals surface area (Å²) in [6.07, 6.45) is -4.61. The predicted octanol–water partition coefficient (Wildman–Crippen LogP) is 8.19. The lowest BCUT2D eigenvalue weighted by Gasteiger charge is -2.16. The summed E-state index contributed by atoms with van der Waals surface area (Å²) in [6.45, 7) is 3.85. The summed E-state index contributed by atoms with van der Waals surface area (Å²) < 4.78 is 81.9. The van der Waals surface area contributed by atoms with E-state index >= 15 is 0 Å². The van der Waals surface area contributed by atoms with Crippen molar-refractivity contribution in [3.05, 3.63) is 76.5 Å². The third kappa shape index (κ3) is 3.98. The zero-order valence-corrected chi connectivity index (χ0v) is 17.0. The van der Waals surface area contributed by atoms with E-state index in [4.69, 9.17) is 0 Å². The molecule has 1 heterocycles. The summed E-state index contributed by atoms with van der Waals surface area (Å²) in [5, 5.41) is 0.846. The largest absolute Gasteiger partial charge is 0.416 e. The van der Waals surface area contributed by atoms with Crippen molar-refractivity contribution in [2.24, 2.45) is 0 Å². The number of benzene rings is 2. The second kappa shape index (κ2) is 7.46. The van der Waals surface area contributed by atoms with Crippen LogP contribution < -0.4 is 0 Å². The van der Waals surface area contributed by atoms with Gasteiger partial charge in [0.15, 0.2) is 0 Å². The van der Waals surface area contributed by atoms with Crippen LogP contribution in [0.2, 0.25) is 0 Å². The predicted molar refractivity (Wildman–Crippen MR) is 108 cm³/mol. The summed E-state index contributed by atoms with van der Waals surface area (Å²) in [5.41, 5.74) is 0.700. The van der Waals surface area contributed by atoms with Gasteiger partial charge in [0.05, 0.1) is 16.6 Å². The lowest BCUT2D eigenvalue weighted by Crippen LogP contribution is -2.12. The molecule has 1 aromatic heterocycles. The standard InChI is InChI=1S/C24H21F6N/c1-3-4-7-15-10-20(15)22-14(2)31(21-9-6-5-8-19(21)22)18-12-16(23(25,26)27)11-17(13-18)24(28,29)30/h5-6,8-13,20H,3-4,7H2,1-2H3. The van der Waals surface area contributed by atoms with E-state index in [1.807, 2.05) is 12.1 Å². The molecule has 1 atom stereocenters. The summed E-state index contributed by atoms with van der Waals surface area (Å²) in [6, 6.07) is 8.91. The molecular weight excluding hydrogens is 416 g/mol. The van der Waals surface area contributed by atoms with Crippen LogP contribution in [0.15, 0.2) is 54.1 Å². The number of hydrogen-bond donors (Lipinski definition) is 0. The van der Waals surface area contributed by atoms with Gasteiger partial charge in [-0.25, -0.2) is 0 Å². The highest BCUT2D eigenvalue weighted by Crippen LogP contribution is 2.48. The van der Waals surface area contributed by atoms with Crippen molar-refractivity contribution < 1.29 is 26.3 Å². The van der Waals surface area contributed by atoms with Crippen LogP contribution in [-0.2, 0) is 12.4 Å². The Labute approximate surface area is 176 Å². The van der Waals surface area contributed by atoms with Crippen molar-refractivity contribution in [1.29, 1.82) is 0 Å². The first-order valence-corrected chi connectivity index (χ1v) is 10.1. The quantitative estimate of drug-likeness (QED) is 0.280. The van der Waals surface area contributed by atoms with E-state index in [1.54, 1.807) is 19.1 Å². The summed E-state index contributed by atoms with van der Waals surface area (Å²) in [7, 11) is 0. The molecule has 0 N–H and O–H groups in total. The molecule has 31 heavy (non-hydrogen) atoms. The van der Waals surface area contributed by atoms with Crippen LogP contribution in [0.1, 0.15) is 54.5 Å². The highest BCUT2D eigenvalue weighted by atomic mass is 19.4. The molecule has 0 fully saturated rings. The molecule has 4 rings (SSSR count). The van der Waals surface area contributed by atoms with E-state index in [1.165, 1.54) is 10.1 Å². The van der Waals surface area contributed by atoms with Crippen molar-refractivity contribution in [2.75, 3.05) is 0 Å². The number of rotatable bonds is 5. The number of halogens is 6. The first kappa shape index (κ1) is 21.5. The maximum absolute atomic E-state index is 13.4. The van der Waals surface area contributed by atoms with Crippen molar-refractivity contribution in [3.63, 3.8) is 0 Å². The minimum atomic E-state index is -4.89. The van der Waals surface area contributed by atoms with Gasteiger partial charge in [0.25, 0.3) is 0 Å². The molecule has 1 nitrogen and oxygen atoms in total. The Kier molecular flexibility index (Phi) is 5.18. The summed E-state index contributed by atoms with van der Waals surface area (Å²) in [4.78, 5) is 0. The van der Waals surface area contributed by atoms with Crippen molar-refractivity contribution in [3.8, 4) is 5.69 Å². The third-order valence-corrected chi connectivity index (χ3v) is 5.79. The lowest BCUT2D eigenvalue weighted by atomic mass is 10.0. The van der Waals surface area contributed by atoms with Gasteiger partial charge in [0, 0.05) is 22.7 Å². The smallest absolute Gasteiger partial charge is 0.314 e. The van der Waals surface area contributed by atoms with E-state index in [-0.39, 0.29) is 17.7 Å². The Bertz CT molecular complexity index is 1130. The minimum Gasteiger partial charge on any atom is -0.314 e. The van der Waals surface area contributed by atoms with Gasteiger partial charge < -0.3 is 4.57 Å². The Balaban J connectivity index is 1.91. The van der Waals surface area contributed by atoms with Crippen molar-refractivity contribution in [2.45, 2.75) is 51.4 Å². The number of allylic oxidation sites excluding steroid dienone is 2. The number of para-hydroxylation sites is 1. The molecule has 0 saturated heterocycles. The molecule has 0 radical (unpaired) electrons. The van der Waals surface area contributed by atoms with E-state index < -0.39 is 23.5 Å². The number of aromatic nitrogens is 1. The van der Waals surface area contributed by atoms with Crippen molar-refractivity contribution >= 4 is 10.9 Å². The second-order valence-corrected chi connectivity index (χ2v) is 7.94. The van der Waals surface area contributed by atoms with E-state index in [0.29, 0.717) is 11.2 Å². The maximum atomic E-state index is 13.4. The third-order valence-electron chi connectivity index (χ3n) is 5.79. The molecule has 0 bridgehead atoms. The van der Waals surface area contributed by atoms with E-state index in [9.17, 15) is 26.3 Å². The average Bonchev–Trinajstić information content (AvgIpc) is 3.39. The van der Waals surface area contributed by atoms with E-state index in [0.717, 1.165) is 42.3 Å². The molecule has 164 valence electrons. The Morgan fingerprint density at radius 2 is 1.52 bits per heavy atom. The van der Waals surface area contributed by atoms with Gasteiger partial charge in [0.2, 0.25) is 0 Å². The molecule has 1 aliphatic carbocycles. The zero-order valence-electron chi connectivity index (χ0n) is 17.0.